The lowest BCUT2D eigenvalue weighted by molar-refractivity contribution is 0.102. The number of rotatable bonds is 7. The largest absolute Gasteiger partial charge is 0.497 e. The van der Waals surface area contributed by atoms with Crippen LogP contribution in [0.25, 0.3) is 0 Å². The third-order valence-electron chi connectivity index (χ3n) is 4.63. The van der Waals surface area contributed by atoms with E-state index < -0.39 is 11.5 Å². The molecule has 30 heavy (non-hydrogen) atoms. The van der Waals surface area contributed by atoms with E-state index in [0.29, 0.717) is 22.9 Å². The van der Waals surface area contributed by atoms with E-state index in [1.54, 1.807) is 44.7 Å². The first kappa shape index (κ1) is 21.0. The van der Waals surface area contributed by atoms with Gasteiger partial charge in [-0.05, 0) is 54.4 Å². The second-order valence-corrected chi connectivity index (χ2v) is 6.73. The van der Waals surface area contributed by atoms with Crippen LogP contribution in [-0.2, 0) is 6.54 Å². The van der Waals surface area contributed by atoms with Crippen molar-refractivity contribution in [2.24, 2.45) is 0 Å². The lowest BCUT2D eigenvalue weighted by Crippen LogP contribution is -2.29. The van der Waals surface area contributed by atoms with Gasteiger partial charge in [0.15, 0.2) is 0 Å². The topological polar surface area (TPSA) is 78.8 Å². The summed E-state index contributed by atoms with van der Waals surface area (Å²) in [5, 5.41) is 2.77. The summed E-state index contributed by atoms with van der Waals surface area (Å²) < 4.78 is 17.3. The Morgan fingerprint density at radius 2 is 1.67 bits per heavy atom. The van der Waals surface area contributed by atoms with Crippen molar-refractivity contribution in [3.63, 3.8) is 0 Å². The number of aryl methyl sites for hydroxylation is 1. The number of carbonyl (C=O) groups excluding carboxylic acids is 1. The quantitative estimate of drug-likeness (QED) is 0.648. The van der Waals surface area contributed by atoms with Crippen LogP contribution < -0.4 is 25.1 Å². The van der Waals surface area contributed by atoms with Gasteiger partial charge in [0, 0.05) is 12.3 Å². The minimum atomic E-state index is -0.499. The van der Waals surface area contributed by atoms with Gasteiger partial charge in [0.2, 0.25) is 0 Å². The normalized spacial score (nSPS) is 10.4. The van der Waals surface area contributed by atoms with Crippen LogP contribution in [0.4, 0.5) is 5.69 Å². The number of carbonyl (C=O) groups is 1. The van der Waals surface area contributed by atoms with Gasteiger partial charge in [-0.3, -0.25) is 9.59 Å². The van der Waals surface area contributed by atoms with Crippen molar-refractivity contribution in [3.05, 3.63) is 81.8 Å². The van der Waals surface area contributed by atoms with Crippen LogP contribution in [0.1, 0.15) is 21.5 Å². The van der Waals surface area contributed by atoms with Gasteiger partial charge in [-0.15, -0.1) is 0 Å². The molecular formula is C23H24N2O5. The standard InChI is InChI=1S/C23H24N2O5/c1-15-7-8-21(30-4)20(10-15)24-22(26)19-6-5-9-25(23(19)27)14-16-11-17(28-2)13-18(12-16)29-3/h5-13H,14H2,1-4H3,(H,24,26). The molecule has 0 aliphatic carbocycles. The predicted molar refractivity (Wildman–Crippen MR) is 115 cm³/mol. The zero-order valence-corrected chi connectivity index (χ0v) is 17.4. The van der Waals surface area contributed by atoms with E-state index in [9.17, 15) is 9.59 Å². The molecule has 1 aromatic heterocycles. The van der Waals surface area contributed by atoms with Crippen LogP contribution in [0.3, 0.4) is 0 Å². The van der Waals surface area contributed by atoms with Crippen molar-refractivity contribution in [2.75, 3.05) is 26.6 Å². The molecule has 1 heterocycles. The fourth-order valence-corrected chi connectivity index (χ4v) is 3.10. The molecule has 2 aromatic carbocycles. The molecule has 3 aromatic rings. The summed E-state index contributed by atoms with van der Waals surface area (Å²) in [6.45, 7) is 2.17. The summed E-state index contributed by atoms with van der Waals surface area (Å²) >= 11 is 0. The number of pyridine rings is 1. The average molecular weight is 408 g/mol. The van der Waals surface area contributed by atoms with Gasteiger partial charge in [0.05, 0.1) is 33.6 Å². The van der Waals surface area contributed by atoms with Gasteiger partial charge >= 0.3 is 0 Å². The summed E-state index contributed by atoms with van der Waals surface area (Å²) in [5.74, 6) is 1.27. The molecule has 1 amide bonds. The molecule has 0 spiro atoms. The van der Waals surface area contributed by atoms with Gasteiger partial charge in [-0.25, -0.2) is 0 Å². The van der Waals surface area contributed by atoms with Gasteiger partial charge in [-0.2, -0.15) is 0 Å². The molecule has 0 aliphatic heterocycles. The number of methoxy groups -OCH3 is 3. The molecule has 0 radical (unpaired) electrons. The van der Waals surface area contributed by atoms with Crippen LogP contribution >= 0.6 is 0 Å². The highest BCUT2D eigenvalue weighted by molar-refractivity contribution is 6.04. The van der Waals surface area contributed by atoms with Crippen molar-refractivity contribution in [1.29, 1.82) is 0 Å². The summed E-state index contributed by atoms with van der Waals surface area (Å²) in [6, 6.07) is 14.0. The Bertz CT molecular complexity index is 1100. The van der Waals surface area contributed by atoms with Gasteiger partial charge in [0.25, 0.3) is 11.5 Å². The fraction of sp³-hybridized carbons (Fsp3) is 0.217. The first-order valence-corrected chi connectivity index (χ1v) is 9.32. The first-order chi connectivity index (χ1) is 14.4. The van der Waals surface area contributed by atoms with E-state index in [1.807, 2.05) is 25.1 Å². The molecule has 0 fully saturated rings. The zero-order valence-electron chi connectivity index (χ0n) is 17.4. The smallest absolute Gasteiger partial charge is 0.263 e. The fourth-order valence-electron chi connectivity index (χ4n) is 3.10. The maximum atomic E-state index is 12.9. The van der Waals surface area contributed by atoms with Crippen molar-refractivity contribution in [2.45, 2.75) is 13.5 Å². The molecule has 0 unspecified atom stereocenters. The molecule has 156 valence electrons. The Morgan fingerprint density at radius 3 is 2.30 bits per heavy atom. The number of nitrogens with one attached hydrogen (secondary N) is 1. The highest BCUT2D eigenvalue weighted by Gasteiger charge is 2.15. The number of hydrogen-bond acceptors (Lipinski definition) is 5. The molecule has 0 saturated heterocycles. The molecule has 3 rings (SSSR count). The maximum absolute atomic E-state index is 12.9. The van der Waals surface area contributed by atoms with Crippen molar-refractivity contribution in [3.8, 4) is 17.2 Å². The lowest BCUT2D eigenvalue weighted by atomic mass is 10.1. The monoisotopic (exact) mass is 408 g/mol. The summed E-state index contributed by atoms with van der Waals surface area (Å²) in [7, 11) is 4.66. The highest BCUT2D eigenvalue weighted by atomic mass is 16.5. The molecule has 1 N–H and O–H groups in total. The minimum absolute atomic E-state index is 0.0379. The van der Waals surface area contributed by atoms with E-state index >= 15 is 0 Å². The number of ether oxygens (including phenoxy) is 3. The Kier molecular flexibility index (Phi) is 6.41. The van der Waals surface area contributed by atoms with Crippen LogP contribution in [0, 0.1) is 6.92 Å². The molecule has 0 aliphatic rings. The Morgan fingerprint density at radius 1 is 0.967 bits per heavy atom. The Balaban J connectivity index is 1.89. The average Bonchev–Trinajstić information content (AvgIpc) is 2.75. The lowest BCUT2D eigenvalue weighted by Gasteiger charge is -2.13. The van der Waals surface area contributed by atoms with Gasteiger partial charge < -0.3 is 24.1 Å². The highest BCUT2D eigenvalue weighted by Crippen LogP contribution is 2.26. The third kappa shape index (κ3) is 4.63. The van der Waals surface area contributed by atoms with Gasteiger partial charge in [-0.1, -0.05) is 6.07 Å². The van der Waals surface area contributed by atoms with E-state index in [4.69, 9.17) is 14.2 Å². The molecular weight excluding hydrogens is 384 g/mol. The first-order valence-electron chi connectivity index (χ1n) is 9.32. The maximum Gasteiger partial charge on any atom is 0.263 e. The number of amides is 1. The second kappa shape index (κ2) is 9.17. The molecule has 0 bridgehead atoms. The van der Waals surface area contributed by atoms with Crippen LogP contribution in [0.5, 0.6) is 17.2 Å². The number of anilines is 1. The van der Waals surface area contributed by atoms with E-state index in [2.05, 4.69) is 5.32 Å². The molecule has 7 heteroatoms. The molecule has 0 atom stereocenters. The number of nitrogens with zero attached hydrogens (tertiary/aromatic N) is 1. The van der Waals surface area contributed by atoms with E-state index in [0.717, 1.165) is 11.1 Å². The SMILES string of the molecule is COc1cc(Cn2cccc(C(=O)Nc3cc(C)ccc3OC)c2=O)cc(OC)c1. The van der Waals surface area contributed by atoms with E-state index in [-0.39, 0.29) is 12.1 Å². The van der Waals surface area contributed by atoms with E-state index in [1.165, 1.54) is 17.7 Å². The van der Waals surface area contributed by atoms with Crippen LogP contribution in [0.15, 0.2) is 59.5 Å². The Hall–Kier alpha value is -3.74. The predicted octanol–water partition coefficient (Wildman–Crippen LogP) is 3.48. The van der Waals surface area contributed by atoms with Crippen molar-refractivity contribution in [1.82, 2.24) is 4.57 Å². The van der Waals surface area contributed by atoms with Crippen molar-refractivity contribution < 1.29 is 19.0 Å². The van der Waals surface area contributed by atoms with Crippen LogP contribution in [-0.4, -0.2) is 31.8 Å². The number of benzene rings is 2. The molecule has 0 saturated carbocycles. The second-order valence-electron chi connectivity index (χ2n) is 6.73. The minimum Gasteiger partial charge on any atom is -0.497 e. The number of aromatic nitrogens is 1. The summed E-state index contributed by atoms with van der Waals surface area (Å²) in [5.41, 5.74) is 1.92. The Labute approximate surface area is 174 Å². The zero-order chi connectivity index (χ0) is 21.7. The van der Waals surface area contributed by atoms with Crippen LogP contribution in [0.2, 0.25) is 0 Å². The summed E-state index contributed by atoms with van der Waals surface area (Å²) in [4.78, 5) is 25.7. The van der Waals surface area contributed by atoms with Gasteiger partial charge in [0.1, 0.15) is 22.8 Å². The number of hydrogen-bond donors (Lipinski definition) is 1. The molecule has 7 nitrogen and oxygen atoms in total. The van der Waals surface area contributed by atoms with Crippen molar-refractivity contribution >= 4 is 11.6 Å². The third-order valence-corrected chi connectivity index (χ3v) is 4.63. The summed E-state index contributed by atoms with van der Waals surface area (Å²) in [6.07, 6.45) is 1.64.